The number of ether oxygens (including phenoxy) is 1. The third kappa shape index (κ3) is 2.63. The monoisotopic (exact) mass is 244 g/mol. The molecule has 0 bridgehead atoms. The smallest absolute Gasteiger partial charge is 0.132 e. The number of thiazole rings is 1. The van der Waals surface area contributed by atoms with Crippen molar-refractivity contribution in [2.45, 2.75) is 20.0 Å². The minimum atomic E-state index is 0.162. The number of hydrogen-bond acceptors (Lipinski definition) is 4. The minimum Gasteiger partial charge on any atom is -0.491 e. The highest BCUT2D eigenvalue weighted by Crippen LogP contribution is 2.26. The van der Waals surface area contributed by atoms with Gasteiger partial charge in [-0.05, 0) is 38.1 Å². The zero-order chi connectivity index (χ0) is 12.3. The van der Waals surface area contributed by atoms with Crippen molar-refractivity contribution in [3.8, 4) is 23.1 Å². The van der Waals surface area contributed by atoms with Gasteiger partial charge in [0.2, 0.25) is 0 Å². The molecule has 0 unspecified atom stereocenters. The van der Waals surface area contributed by atoms with Crippen LogP contribution in [0.1, 0.15) is 18.7 Å². The fourth-order valence-corrected chi connectivity index (χ4v) is 2.09. The number of aromatic nitrogens is 1. The summed E-state index contributed by atoms with van der Waals surface area (Å²) in [7, 11) is 0. The Balaban J connectivity index is 2.27. The Morgan fingerprint density at radius 3 is 2.59 bits per heavy atom. The first-order valence-corrected chi connectivity index (χ1v) is 6.19. The maximum atomic E-state index is 8.94. The molecule has 17 heavy (non-hydrogen) atoms. The van der Waals surface area contributed by atoms with E-state index in [0.717, 1.165) is 17.0 Å². The van der Waals surface area contributed by atoms with E-state index in [2.05, 4.69) is 11.1 Å². The largest absolute Gasteiger partial charge is 0.491 e. The molecule has 0 amide bonds. The lowest BCUT2D eigenvalue weighted by Crippen LogP contribution is -2.05. The first kappa shape index (κ1) is 11.6. The standard InChI is InChI=1S/C13H12N2OS/c1-9(2)16-11-5-3-10(4-6-11)13-12(7-14)17-8-15-13/h3-6,8-9H,1-2H3. The van der Waals surface area contributed by atoms with Gasteiger partial charge >= 0.3 is 0 Å². The topological polar surface area (TPSA) is 45.9 Å². The molecular formula is C13H12N2OS. The van der Waals surface area contributed by atoms with E-state index in [1.807, 2.05) is 38.1 Å². The molecule has 3 nitrogen and oxygen atoms in total. The van der Waals surface area contributed by atoms with Gasteiger partial charge in [-0.2, -0.15) is 5.26 Å². The highest BCUT2D eigenvalue weighted by Gasteiger charge is 2.08. The van der Waals surface area contributed by atoms with Gasteiger partial charge < -0.3 is 4.74 Å². The number of nitriles is 1. The summed E-state index contributed by atoms with van der Waals surface area (Å²) in [4.78, 5) is 4.84. The Kier molecular flexibility index (Phi) is 3.40. The molecule has 1 heterocycles. The Hall–Kier alpha value is -1.86. The number of hydrogen-bond donors (Lipinski definition) is 0. The van der Waals surface area contributed by atoms with E-state index in [1.165, 1.54) is 11.3 Å². The molecule has 2 aromatic rings. The van der Waals surface area contributed by atoms with Crippen LogP contribution in [0.2, 0.25) is 0 Å². The van der Waals surface area contributed by atoms with E-state index in [4.69, 9.17) is 10.00 Å². The Bertz CT molecular complexity index is 537. The number of benzene rings is 1. The normalized spacial score (nSPS) is 10.2. The highest BCUT2D eigenvalue weighted by molar-refractivity contribution is 7.10. The summed E-state index contributed by atoms with van der Waals surface area (Å²) >= 11 is 1.36. The van der Waals surface area contributed by atoms with E-state index >= 15 is 0 Å². The SMILES string of the molecule is CC(C)Oc1ccc(-c2ncsc2C#N)cc1. The van der Waals surface area contributed by atoms with Crippen LogP contribution in [-0.4, -0.2) is 11.1 Å². The predicted molar refractivity (Wildman–Crippen MR) is 68.0 cm³/mol. The van der Waals surface area contributed by atoms with Crippen LogP contribution < -0.4 is 4.74 Å². The molecule has 0 aliphatic heterocycles. The van der Waals surface area contributed by atoms with Crippen molar-refractivity contribution < 1.29 is 4.74 Å². The Morgan fingerprint density at radius 1 is 1.29 bits per heavy atom. The van der Waals surface area contributed by atoms with Crippen LogP contribution in [0.3, 0.4) is 0 Å². The van der Waals surface area contributed by atoms with Crippen LogP contribution in [0.25, 0.3) is 11.3 Å². The third-order valence-corrected chi connectivity index (χ3v) is 2.90. The summed E-state index contributed by atoms with van der Waals surface area (Å²) in [5.74, 6) is 0.831. The van der Waals surface area contributed by atoms with Crippen molar-refractivity contribution in [1.82, 2.24) is 4.98 Å². The lowest BCUT2D eigenvalue weighted by Gasteiger charge is -2.09. The summed E-state index contributed by atoms with van der Waals surface area (Å²) < 4.78 is 5.56. The zero-order valence-corrected chi connectivity index (χ0v) is 10.5. The van der Waals surface area contributed by atoms with Gasteiger partial charge in [-0.15, -0.1) is 11.3 Å². The second kappa shape index (κ2) is 4.98. The van der Waals surface area contributed by atoms with Crippen LogP contribution in [0.4, 0.5) is 0 Å². The van der Waals surface area contributed by atoms with Crippen LogP contribution in [-0.2, 0) is 0 Å². The average molecular weight is 244 g/mol. The summed E-state index contributed by atoms with van der Waals surface area (Å²) in [6.45, 7) is 3.98. The first-order valence-electron chi connectivity index (χ1n) is 5.31. The van der Waals surface area contributed by atoms with Crippen molar-refractivity contribution >= 4 is 11.3 Å². The van der Waals surface area contributed by atoms with Gasteiger partial charge in [-0.25, -0.2) is 4.98 Å². The maximum absolute atomic E-state index is 8.94. The molecule has 0 aliphatic carbocycles. The molecule has 0 fully saturated rings. The minimum absolute atomic E-state index is 0.162. The van der Waals surface area contributed by atoms with Crippen molar-refractivity contribution in [3.63, 3.8) is 0 Å². The van der Waals surface area contributed by atoms with Crippen LogP contribution in [0.15, 0.2) is 29.8 Å². The second-order valence-electron chi connectivity index (χ2n) is 3.83. The Morgan fingerprint density at radius 2 is 2.00 bits per heavy atom. The van der Waals surface area contributed by atoms with E-state index in [0.29, 0.717) is 4.88 Å². The summed E-state index contributed by atoms with van der Waals surface area (Å²) in [6.07, 6.45) is 0.162. The fourth-order valence-electron chi connectivity index (χ4n) is 1.49. The van der Waals surface area contributed by atoms with E-state index in [1.54, 1.807) is 5.51 Å². The summed E-state index contributed by atoms with van der Waals surface area (Å²) in [5, 5.41) is 8.94. The zero-order valence-electron chi connectivity index (χ0n) is 9.68. The van der Waals surface area contributed by atoms with Gasteiger partial charge in [-0.3, -0.25) is 0 Å². The molecule has 1 aromatic carbocycles. The van der Waals surface area contributed by atoms with Crippen molar-refractivity contribution in [1.29, 1.82) is 5.26 Å². The second-order valence-corrected chi connectivity index (χ2v) is 4.69. The summed E-state index contributed by atoms with van der Waals surface area (Å²) in [6, 6.07) is 9.79. The molecule has 0 radical (unpaired) electrons. The molecule has 2 rings (SSSR count). The van der Waals surface area contributed by atoms with Crippen molar-refractivity contribution in [3.05, 3.63) is 34.7 Å². The first-order chi connectivity index (χ1) is 8.20. The van der Waals surface area contributed by atoms with Gasteiger partial charge in [-0.1, -0.05) is 0 Å². The molecule has 86 valence electrons. The van der Waals surface area contributed by atoms with Crippen molar-refractivity contribution in [2.24, 2.45) is 0 Å². The van der Waals surface area contributed by atoms with Gasteiger partial charge in [0, 0.05) is 5.56 Å². The molecule has 4 heteroatoms. The molecule has 0 saturated carbocycles. The molecule has 0 saturated heterocycles. The van der Waals surface area contributed by atoms with Gasteiger partial charge in [0.15, 0.2) is 0 Å². The molecule has 0 N–H and O–H groups in total. The summed E-state index contributed by atoms with van der Waals surface area (Å²) in [5.41, 5.74) is 3.37. The van der Waals surface area contributed by atoms with E-state index in [9.17, 15) is 0 Å². The molecular weight excluding hydrogens is 232 g/mol. The number of nitrogens with zero attached hydrogens (tertiary/aromatic N) is 2. The fraction of sp³-hybridized carbons (Fsp3) is 0.231. The number of rotatable bonds is 3. The Labute approximate surface area is 104 Å². The lowest BCUT2D eigenvalue weighted by molar-refractivity contribution is 0.242. The highest BCUT2D eigenvalue weighted by atomic mass is 32.1. The van der Waals surface area contributed by atoms with Gasteiger partial charge in [0.05, 0.1) is 17.3 Å². The molecule has 0 spiro atoms. The van der Waals surface area contributed by atoms with E-state index < -0.39 is 0 Å². The average Bonchev–Trinajstić information content (AvgIpc) is 2.77. The maximum Gasteiger partial charge on any atom is 0.132 e. The lowest BCUT2D eigenvalue weighted by atomic mass is 10.1. The third-order valence-electron chi connectivity index (χ3n) is 2.17. The van der Waals surface area contributed by atoms with Gasteiger partial charge in [0.1, 0.15) is 16.7 Å². The van der Waals surface area contributed by atoms with Crippen LogP contribution in [0.5, 0.6) is 5.75 Å². The van der Waals surface area contributed by atoms with E-state index in [-0.39, 0.29) is 6.10 Å². The van der Waals surface area contributed by atoms with Gasteiger partial charge in [0.25, 0.3) is 0 Å². The van der Waals surface area contributed by atoms with Crippen LogP contribution >= 0.6 is 11.3 Å². The quantitative estimate of drug-likeness (QED) is 0.830. The molecule has 0 atom stereocenters. The molecule has 0 aliphatic rings. The predicted octanol–water partition coefficient (Wildman–Crippen LogP) is 3.47. The van der Waals surface area contributed by atoms with Crippen LogP contribution in [0, 0.1) is 11.3 Å². The van der Waals surface area contributed by atoms with Crippen molar-refractivity contribution in [2.75, 3.05) is 0 Å². The molecule has 1 aromatic heterocycles.